The van der Waals surface area contributed by atoms with Crippen LogP contribution in [-0.2, 0) is 16.1 Å². The van der Waals surface area contributed by atoms with Gasteiger partial charge in [-0.15, -0.1) is 0 Å². The van der Waals surface area contributed by atoms with Gasteiger partial charge in [0.25, 0.3) is 11.7 Å². The lowest BCUT2D eigenvalue weighted by Crippen LogP contribution is -2.29. The molecule has 1 aliphatic heterocycles. The molecule has 36 heavy (non-hydrogen) atoms. The van der Waals surface area contributed by atoms with E-state index in [2.05, 4.69) is 4.98 Å². The molecule has 1 atom stereocenters. The highest BCUT2D eigenvalue weighted by atomic mass is 16.5. The lowest BCUT2D eigenvalue weighted by Gasteiger charge is -2.26. The molecule has 2 aromatic carbocycles. The van der Waals surface area contributed by atoms with E-state index in [1.807, 2.05) is 13.8 Å². The van der Waals surface area contributed by atoms with Gasteiger partial charge in [0.05, 0.1) is 31.9 Å². The Labute approximate surface area is 209 Å². The SMILES string of the molecule is CCOc1cccc(/C(O)=C2\C(=O)C(=O)N(Cc3ccncc3)C2c2ccc(OCC)c(OC)c2)c1. The van der Waals surface area contributed by atoms with Crippen molar-refractivity contribution in [3.63, 3.8) is 0 Å². The Hall–Kier alpha value is -4.33. The number of aliphatic hydroxyl groups is 1. The zero-order chi connectivity index (χ0) is 25.7. The molecular weight excluding hydrogens is 460 g/mol. The number of ether oxygens (including phenoxy) is 3. The molecule has 3 aromatic rings. The van der Waals surface area contributed by atoms with E-state index in [1.54, 1.807) is 67.0 Å². The zero-order valence-electron chi connectivity index (χ0n) is 20.4. The van der Waals surface area contributed by atoms with Crippen molar-refractivity contribution in [2.24, 2.45) is 0 Å². The number of nitrogens with zero attached hydrogens (tertiary/aromatic N) is 2. The number of benzene rings is 2. The molecule has 1 N–H and O–H groups in total. The summed E-state index contributed by atoms with van der Waals surface area (Å²) in [6, 6.07) is 14.7. The second-order valence-electron chi connectivity index (χ2n) is 8.09. The van der Waals surface area contributed by atoms with Gasteiger partial charge in [0.15, 0.2) is 11.5 Å². The normalized spacial score (nSPS) is 16.8. The smallest absolute Gasteiger partial charge is 0.295 e. The second-order valence-corrected chi connectivity index (χ2v) is 8.09. The summed E-state index contributed by atoms with van der Waals surface area (Å²) >= 11 is 0. The van der Waals surface area contributed by atoms with E-state index < -0.39 is 17.7 Å². The van der Waals surface area contributed by atoms with E-state index >= 15 is 0 Å². The van der Waals surface area contributed by atoms with Crippen molar-refractivity contribution >= 4 is 17.4 Å². The van der Waals surface area contributed by atoms with Crippen molar-refractivity contribution in [1.29, 1.82) is 0 Å². The Bertz CT molecular complexity index is 1290. The maximum atomic E-state index is 13.3. The number of amides is 1. The van der Waals surface area contributed by atoms with Crippen molar-refractivity contribution in [2.45, 2.75) is 26.4 Å². The molecule has 186 valence electrons. The summed E-state index contributed by atoms with van der Waals surface area (Å²) in [5.74, 6) is -0.188. The van der Waals surface area contributed by atoms with Crippen LogP contribution in [0.5, 0.6) is 17.2 Å². The Morgan fingerprint density at radius 1 is 0.972 bits per heavy atom. The molecule has 0 radical (unpaired) electrons. The van der Waals surface area contributed by atoms with E-state index in [0.717, 1.165) is 5.56 Å². The summed E-state index contributed by atoms with van der Waals surface area (Å²) < 4.78 is 16.7. The van der Waals surface area contributed by atoms with E-state index in [4.69, 9.17) is 14.2 Å². The lowest BCUT2D eigenvalue weighted by molar-refractivity contribution is -0.140. The highest BCUT2D eigenvalue weighted by molar-refractivity contribution is 6.46. The molecule has 0 aliphatic carbocycles. The summed E-state index contributed by atoms with van der Waals surface area (Å²) in [5, 5.41) is 11.3. The quantitative estimate of drug-likeness (QED) is 0.269. The first-order chi connectivity index (χ1) is 17.5. The van der Waals surface area contributed by atoms with Crippen LogP contribution in [0.25, 0.3) is 5.76 Å². The second kappa shape index (κ2) is 10.9. The lowest BCUT2D eigenvalue weighted by atomic mass is 9.94. The van der Waals surface area contributed by atoms with Crippen LogP contribution in [-0.4, -0.2) is 47.0 Å². The standard InChI is InChI=1S/C28H28N2O6/c1-4-35-21-8-6-7-20(15-21)26(31)24-25(19-9-10-22(36-5-2)23(16-19)34-3)30(28(33)27(24)32)17-18-11-13-29-14-12-18/h6-16,25,31H,4-5,17H2,1-3H3/b26-24+. The number of hydrogen-bond acceptors (Lipinski definition) is 7. The first-order valence-electron chi connectivity index (χ1n) is 11.7. The predicted octanol–water partition coefficient (Wildman–Crippen LogP) is 4.51. The molecule has 1 fully saturated rings. The third-order valence-corrected chi connectivity index (χ3v) is 5.86. The van der Waals surface area contributed by atoms with Crippen LogP contribution >= 0.6 is 0 Å². The minimum absolute atomic E-state index is 0.00563. The molecule has 4 rings (SSSR count). The zero-order valence-corrected chi connectivity index (χ0v) is 20.4. The Morgan fingerprint density at radius 2 is 1.72 bits per heavy atom. The minimum Gasteiger partial charge on any atom is -0.507 e. The van der Waals surface area contributed by atoms with Gasteiger partial charge in [-0.3, -0.25) is 14.6 Å². The summed E-state index contributed by atoms with van der Waals surface area (Å²) in [7, 11) is 1.52. The monoisotopic (exact) mass is 488 g/mol. The van der Waals surface area contributed by atoms with Gasteiger partial charge < -0.3 is 24.2 Å². The van der Waals surface area contributed by atoms with Gasteiger partial charge in [0.2, 0.25) is 0 Å². The van der Waals surface area contributed by atoms with Crippen LogP contribution in [0.2, 0.25) is 0 Å². The molecule has 1 unspecified atom stereocenters. The summed E-state index contributed by atoms with van der Waals surface area (Å²) in [6.45, 7) is 4.78. The molecule has 1 aromatic heterocycles. The van der Waals surface area contributed by atoms with Crippen LogP contribution < -0.4 is 14.2 Å². The molecule has 0 spiro atoms. The number of aliphatic hydroxyl groups excluding tert-OH is 1. The summed E-state index contributed by atoms with van der Waals surface area (Å²) in [5.41, 5.74) is 1.78. The fourth-order valence-electron chi connectivity index (χ4n) is 4.26. The predicted molar refractivity (Wildman–Crippen MR) is 134 cm³/mol. The van der Waals surface area contributed by atoms with Crippen LogP contribution in [0, 0.1) is 0 Å². The number of hydrogen-bond donors (Lipinski definition) is 1. The third kappa shape index (κ3) is 4.88. The van der Waals surface area contributed by atoms with Gasteiger partial charge in [-0.1, -0.05) is 18.2 Å². The number of methoxy groups -OCH3 is 1. The number of ketones is 1. The number of likely N-dealkylation sites (tertiary alicyclic amines) is 1. The van der Waals surface area contributed by atoms with Crippen molar-refractivity contribution in [3.8, 4) is 17.2 Å². The van der Waals surface area contributed by atoms with Gasteiger partial charge in [-0.25, -0.2) is 0 Å². The highest BCUT2D eigenvalue weighted by Gasteiger charge is 2.46. The Morgan fingerprint density at radius 3 is 2.42 bits per heavy atom. The summed E-state index contributed by atoms with van der Waals surface area (Å²) in [6.07, 6.45) is 3.25. The average molecular weight is 489 g/mol. The third-order valence-electron chi connectivity index (χ3n) is 5.86. The number of pyridine rings is 1. The molecule has 0 saturated carbocycles. The highest BCUT2D eigenvalue weighted by Crippen LogP contribution is 2.43. The number of rotatable bonds is 9. The molecule has 1 amide bonds. The largest absolute Gasteiger partial charge is 0.507 e. The van der Waals surface area contributed by atoms with E-state index in [1.165, 1.54) is 12.0 Å². The molecule has 1 saturated heterocycles. The fourth-order valence-corrected chi connectivity index (χ4v) is 4.26. The van der Waals surface area contributed by atoms with Gasteiger partial charge in [-0.05, 0) is 61.4 Å². The van der Waals surface area contributed by atoms with Gasteiger partial charge in [0, 0.05) is 24.5 Å². The van der Waals surface area contributed by atoms with Crippen molar-refractivity contribution in [1.82, 2.24) is 9.88 Å². The number of Topliss-reactive ketones (excluding diaryl/α,β-unsaturated/α-hetero) is 1. The molecule has 8 heteroatoms. The molecule has 2 heterocycles. The Balaban J connectivity index is 1.87. The number of carbonyl (C=O) groups is 2. The van der Waals surface area contributed by atoms with Crippen LogP contribution in [0.3, 0.4) is 0 Å². The van der Waals surface area contributed by atoms with E-state index in [0.29, 0.717) is 41.6 Å². The van der Waals surface area contributed by atoms with Crippen LogP contribution in [0.1, 0.15) is 36.6 Å². The summed E-state index contributed by atoms with van der Waals surface area (Å²) in [4.78, 5) is 32.1. The van der Waals surface area contributed by atoms with Gasteiger partial charge in [-0.2, -0.15) is 0 Å². The fraction of sp³-hybridized carbons (Fsp3) is 0.250. The van der Waals surface area contributed by atoms with Gasteiger partial charge >= 0.3 is 0 Å². The van der Waals surface area contributed by atoms with Crippen LogP contribution in [0.15, 0.2) is 72.6 Å². The van der Waals surface area contributed by atoms with Crippen molar-refractivity contribution in [2.75, 3.05) is 20.3 Å². The molecular formula is C28H28N2O6. The first-order valence-corrected chi connectivity index (χ1v) is 11.7. The molecule has 8 nitrogen and oxygen atoms in total. The van der Waals surface area contributed by atoms with Gasteiger partial charge in [0.1, 0.15) is 11.5 Å². The minimum atomic E-state index is -0.849. The van der Waals surface area contributed by atoms with E-state index in [9.17, 15) is 14.7 Å². The van der Waals surface area contributed by atoms with Crippen molar-refractivity contribution in [3.05, 3.63) is 89.3 Å². The average Bonchev–Trinajstić information content (AvgIpc) is 3.14. The number of aromatic nitrogens is 1. The molecule has 0 bridgehead atoms. The Kier molecular flexibility index (Phi) is 7.53. The maximum absolute atomic E-state index is 13.3. The molecule has 1 aliphatic rings. The number of carbonyl (C=O) groups excluding carboxylic acids is 2. The van der Waals surface area contributed by atoms with Crippen molar-refractivity contribution < 1.29 is 28.9 Å². The maximum Gasteiger partial charge on any atom is 0.295 e. The first kappa shape index (κ1) is 24.8. The van der Waals surface area contributed by atoms with Crippen LogP contribution in [0.4, 0.5) is 0 Å². The topological polar surface area (TPSA) is 98.2 Å². The van der Waals surface area contributed by atoms with E-state index in [-0.39, 0.29) is 17.9 Å².